The fourth-order valence-electron chi connectivity index (χ4n) is 4.43. The summed E-state index contributed by atoms with van der Waals surface area (Å²) >= 11 is 0. The van der Waals surface area contributed by atoms with Gasteiger partial charge in [0.25, 0.3) is 0 Å². The number of carbonyl (C=O) groups excluding carboxylic acids is 1. The van der Waals surface area contributed by atoms with E-state index in [0.717, 1.165) is 12.0 Å². The van der Waals surface area contributed by atoms with Crippen LogP contribution in [0.25, 0.3) is 0 Å². The van der Waals surface area contributed by atoms with Gasteiger partial charge in [0.15, 0.2) is 0 Å². The summed E-state index contributed by atoms with van der Waals surface area (Å²) in [6.07, 6.45) is 3.59. The molecule has 4 atom stereocenters. The molecule has 0 radical (unpaired) electrons. The molecule has 0 N–H and O–H groups in total. The van der Waals surface area contributed by atoms with Crippen molar-refractivity contribution in [1.29, 1.82) is 0 Å². The summed E-state index contributed by atoms with van der Waals surface area (Å²) in [6, 6.07) is 9.92. The predicted octanol–water partition coefficient (Wildman–Crippen LogP) is 4.55. The van der Waals surface area contributed by atoms with Crippen molar-refractivity contribution in [1.82, 2.24) is 0 Å². The van der Waals surface area contributed by atoms with Gasteiger partial charge in [-0.3, -0.25) is 4.79 Å². The lowest BCUT2D eigenvalue weighted by molar-refractivity contribution is -0.158. The molecule has 0 aromatic heterocycles. The number of esters is 1. The van der Waals surface area contributed by atoms with E-state index in [2.05, 4.69) is 20.8 Å². The molecule has 0 saturated heterocycles. The molecule has 114 valence electrons. The lowest BCUT2D eigenvalue weighted by atomic mass is 9.70. The monoisotopic (exact) mass is 286 g/mol. The molecule has 2 fully saturated rings. The van der Waals surface area contributed by atoms with Crippen molar-refractivity contribution in [2.24, 2.45) is 16.7 Å². The smallest absolute Gasteiger partial charge is 0.313 e. The molecule has 0 aliphatic heterocycles. The van der Waals surface area contributed by atoms with Crippen molar-refractivity contribution in [3.63, 3.8) is 0 Å². The van der Waals surface area contributed by atoms with Gasteiger partial charge in [0.1, 0.15) is 6.10 Å². The molecule has 1 aromatic carbocycles. The Balaban J connectivity index is 1.72. The van der Waals surface area contributed by atoms with Crippen LogP contribution >= 0.6 is 0 Å². The molecule has 2 nitrogen and oxygen atoms in total. The maximum Gasteiger partial charge on any atom is 0.313 e. The van der Waals surface area contributed by atoms with Crippen LogP contribution in [0.5, 0.6) is 0 Å². The molecule has 3 rings (SSSR count). The largest absolute Gasteiger partial charge is 0.461 e. The van der Waals surface area contributed by atoms with E-state index >= 15 is 0 Å². The highest BCUT2D eigenvalue weighted by molar-refractivity contribution is 5.77. The molecular weight excluding hydrogens is 260 g/mol. The van der Waals surface area contributed by atoms with Crippen LogP contribution in [0.15, 0.2) is 30.3 Å². The highest BCUT2D eigenvalue weighted by Crippen LogP contribution is 2.66. The van der Waals surface area contributed by atoms with Crippen LogP contribution < -0.4 is 0 Å². The Kier molecular flexibility index (Phi) is 3.38. The number of hydrogen-bond acceptors (Lipinski definition) is 2. The second kappa shape index (κ2) is 4.86. The number of benzene rings is 1. The normalized spacial score (nSPS) is 34.7. The summed E-state index contributed by atoms with van der Waals surface area (Å²) in [7, 11) is 0. The van der Waals surface area contributed by atoms with Crippen LogP contribution in [0.2, 0.25) is 0 Å². The summed E-state index contributed by atoms with van der Waals surface area (Å²) in [6.45, 7) is 8.95. The summed E-state index contributed by atoms with van der Waals surface area (Å²) < 4.78 is 5.96. The molecule has 0 amide bonds. The number of fused-ring (bicyclic) bond motifs is 2. The highest BCUT2D eigenvalue weighted by atomic mass is 16.5. The first-order valence-corrected chi connectivity index (χ1v) is 8.11. The Labute approximate surface area is 127 Å². The van der Waals surface area contributed by atoms with Crippen molar-refractivity contribution in [2.75, 3.05) is 0 Å². The quantitative estimate of drug-likeness (QED) is 0.762. The topological polar surface area (TPSA) is 26.3 Å². The molecule has 2 bridgehead atoms. The van der Waals surface area contributed by atoms with Crippen molar-refractivity contribution in [2.45, 2.75) is 59.0 Å². The first kappa shape index (κ1) is 14.6. The number of hydrogen-bond donors (Lipinski definition) is 0. The minimum absolute atomic E-state index is 0.0734. The van der Waals surface area contributed by atoms with Gasteiger partial charge in [0.05, 0.1) is 5.92 Å². The van der Waals surface area contributed by atoms with E-state index in [1.807, 2.05) is 37.3 Å². The fourth-order valence-corrected chi connectivity index (χ4v) is 4.43. The van der Waals surface area contributed by atoms with Crippen LogP contribution in [-0.2, 0) is 9.53 Å². The molecule has 2 saturated carbocycles. The number of ether oxygens (including phenoxy) is 1. The van der Waals surface area contributed by atoms with Crippen molar-refractivity contribution in [3.8, 4) is 0 Å². The maximum absolute atomic E-state index is 12.5. The average Bonchev–Trinajstić information content (AvgIpc) is 2.80. The predicted molar refractivity (Wildman–Crippen MR) is 84.0 cm³/mol. The second-order valence-electron chi connectivity index (χ2n) is 7.67. The van der Waals surface area contributed by atoms with Gasteiger partial charge in [-0.2, -0.15) is 0 Å². The van der Waals surface area contributed by atoms with E-state index in [9.17, 15) is 4.79 Å². The zero-order chi connectivity index (χ0) is 15.3. The molecule has 21 heavy (non-hydrogen) atoms. The zero-order valence-electron chi connectivity index (χ0n) is 13.6. The third-order valence-corrected chi connectivity index (χ3v) is 6.63. The summed E-state index contributed by atoms with van der Waals surface area (Å²) in [4.78, 5) is 12.5. The van der Waals surface area contributed by atoms with Crippen molar-refractivity contribution >= 4 is 5.97 Å². The van der Waals surface area contributed by atoms with Gasteiger partial charge in [-0.15, -0.1) is 0 Å². The minimum Gasteiger partial charge on any atom is -0.461 e. The van der Waals surface area contributed by atoms with Gasteiger partial charge in [0.2, 0.25) is 0 Å². The van der Waals surface area contributed by atoms with Gasteiger partial charge in [-0.05, 0) is 43.1 Å². The van der Waals surface area contributed by atoms with E-state index in [4.69, 9.17) is 4.74 Å². The standard InChI is InChI=1S/C19H26O2/c1-13(14-8-6-5-7-9-14)17(20)21-16-12-15-10-11-19(16,4)18(15,2)3/h5-9,13,15-16H,10-12H2,1-4H3/t13-,15-,16-,19+/m0/s1. The highest BCUT2D eigenvalue weighted by Gasteiger charge is 2.62. The molecule has 0 unspecified atom stereocenters. The van der Waals surface area contributed by atoms with Gasteiger partial charge in [-0.25, -0.2) is 0 Å². The van der Waals surface area contributed by atoms with Gasteiger partial charge in [0, 0.05) is 5.41 Å². The Morgan fingerprint density at radius 1 is 1.24 bits per heavy atom. The molecular formula is C19H26O2. The van der Waals surface area contributed by atoms with Gasteiger partial charge >= 0.3 is 5.97 Å². The Morgan fingerprint density at radius 2 is 1.90 bits per heavy atom. The molecule has 1 aromatic rings. The molecule has 0 heterocycles. The lowest BCUT2D eigenvalue weighted by Crippen LogP contribution is -2.39. The maximum atomic E-state index is 12.5. The van der Waals surface area contributed by atoms with E-state index < -0.39 is 0 Å². The SMILES string of the molecule is C[C@H](C(=O)O[C@H]1C[C@@H]2CC[C@@]1(C)C2(C)C)c1ccccc1. The number of carbonyl (C=O) groups is 1. The van der Waals surface area contributed by atoms with Gasteiger partial charge in [-0.1, -0.05) is 51.1 Å². The third kappa shape index (κ3) is 2.11. The summed E-state index contributed by atoms with van der Waals surface area (Å²) in [5.41, 5.74) is 1.47. The van der Waals surface area contributed by atoms with Crippen molar-refractivity contribution < 1.29 is 9.53 Å². The Hall–Kier alpha value is -1.31. The zero-order valence-corrected chi connectivity index (χ0v) is 13.6. The van der Waals surface area contributed by atoms with Crippen LogP contribution in [0.1, 0.15) is 58.4 Å². The summed E-state index contributed by atoms with van der Waals surface area (Å²) in [5, 5.41) is 0. The second-order valence-corrected chi connectivity index (χ2v) is 7.67. The average molecular weight is 286 g/mol. The first-order valence-electron chi connectivity index (χ1n) is 8.11. The third-order valence-electron chi connectivity index (χ3n) is 6.63. The molecule has 2 aliphatic rings. The van der Waals surface area contributed by atoms with E-state index in [1.54, 1.807) is 0 Å². The fraction of sp³-hybridized carbons (Fsp3) is 0.632. The molecule has 2 heteroatoms. The minimum atomic E-state index is -0.183. The number of rotatable bonds is 3. The molecule has 0 spiro atoms. The summed E-state index contributed by atoms with van der Waals surface area (Å²) in [5.74, 6) is 0.445. The van der Waals surface area contributed by atoms with Crippen LogP contribution in [0, 0.1) is 16.7 Å². The molecule has 2 aliphatic carbocycles. The Bertz CT molecular complexity index is 534. The first-order chi connectivity index (χ1) is 9.86. The van der Waals surface area contributed by atoms with Crippen LogP contribution in [0.3, 0.4) is 0 Å². The van der Waals surface area contributed by atoms with Crippen LogP contribution in [-0.4, -0.2) is 12.1 Å². The van der Waals surface area contributed by atoms with E-state index in [1.165, 1.54) is 12.8 Å². The van der Waals surface area contributed by atoms with E-state index in [0.29, 0.717) is 5.92 Å². The van der Waals surface area contributed by atoms with Gasteiger partial charge < -0.3 is 4.74 Å². The lowest BCUT2D eigenvalue weighted by Gasteiger charge is -2.38. The Morgan fingerprint density at radius 3 is 2.43 bits per heavy atom. The van der Waals surface area contributed by atoms with Crippen LogP contribution in [0.4, 0.5) is 0 Å². The van der Waals surface area contributed by atoms with E-state index in [-0.39, 0.29) is 28.8 Å². The van der Waals surface area contributed by atoms with Crippen molar-refractivity contribution in [3.05, 3.63) is 35.9 Å².